The number of pyridine rings is 1. The van der Waals surface area contributed by atoms with Crippen molar-refractivity contribution in [3.63, 3.8) is 0 Å². The number of amides is 1. The van der Waals surface area contributed by atoms with E-state index in [0.717, 1.165) is 29.7 Å². The predicted octanol–water partition coefficient (Wildman–Crippen LogP) is 5.29. The number of halogens is 2. The molecule has 0 radical (unpaired) electrons. The molecular weight excluding hydrogens is 398 g/mol. The fourth-order valence-corrected chi connectivity index (χ4v) is 4.42. The van der Waals surface area contributed by atoms with Crippen molar-refractivity contribution in [1.29, 1.82) is 0 Å². The zero-order valence-electron chi connectivity index (χ0n) is 16.9. The first-order valence-electron chi connectivity index (χ1n) is 10.2. The Morgan fingerprint density at radius 2 is 1.77 bits per heavy atom. The lowest BCUT2D eigenvalue weighted by Crippen LogP contribution is -2.23. The van der Waals surface area contributed by atoms with Gasteiger partial charge in [-0.2, -0.15) is 0 Å². The summed E-state index contributed by atoms with van der Waals surface area (Å²) in [6.45, 7) is 1.90. The van der Waals surface area contributed by atoms with E-state index in [2.05, 4.69) is 10.3 Å². The number of anilines is 1. The second-order valence-electron chi connectivity index (χ2n) is 7.83. The number of hydrogen-bond donors (Lipinski definition) is 1. The van der Waals surface area contributed by atoms with Crippen molar-refractivity contribution in [2.24, 2.45) is 0 Å². The van der Waals surface area contributed by atoms with Crippen LogP contribution in [0, 0.1) is 18.6 Å². The second-order valence-corrected chi connectivity index (χ2v) is 7.83. The van der Waals surface area contributed by atoms with Crippen LogP contribution >= 0.6 is 0 Å². The molecule has 1 aromatic heterocycles. The Morgan fingerprint density at radius 1 is 1.00 bits per heavy atom. The Labute approximate surface area is 178 Å². The Morgan fingerprint density at radius 3 is 2.55 bits per heavy atom. The summed E-state index contributed by atoms with van der Waals surface area (Å²) < 4.78 is 34.7. The first-order chi connectivity index (χ1) is 15.0. The SMILES string of the molecule is Cc1cc(C2=C(C(=O)Nc3ccc(-c4ccccc4F)c(F)c3)[C@@H]3CC[C@@H]2O3)ccn1. The lowest BCUT2D eigenvalue weighted by molar-refractivity contribution is -0.113. The molecule has 6 heteroatoms. The van der Waals surface area contributed by atoms with Crippen LogP contribution in [0.15, 0.2) is 66.4 Å². The van der Waals surface area contributed by atoms with Crippen LogP contribution in [0.4, 0.5) is 14.5 Å². The number of fused-ring (bicyclic) bond motifs is 2. The second kappa shape index (κ2) is 7.71. The summed E-state index contributed by atoms with van der Waals surface area (Å²) in [6, 6.07) is 14.1. The lowest BCUT2D eigenvalue weighted by atomic mass is 9.87. The molecule has 5 rings (SSSR count). The summed E-state index contributed by atoms with van der Waals surface area (Å²) in [7, 11) is 0. The average Bonchev–Trinajstić information content (AvgIpc) is 3.36. The van der Waals surface area contributed by atoms with Crippen LogP contribution in [0.5, 0.6) is 0 Å². The third kappa shape index (κ3) is 3.53. The highest BCUT2D eigenvalue weighted by atomic mass is 19.1. The van der Waals surface area contributed by atoms with Crippen molar-refractivity contribution < 1.29 is 18.3 Å². The van der Waals surface area contributed by atoms with Gasteiger partial charge in [0.25, 0.3) is 5.91 Å². The van der Waals surface area contributed by atoms with E-state index in [1.807, 2.05) is 19.1 Å². The smallest absolute Gasteiger partial charge is 0.254 e. The Kier molecular flexibility index (Phi) is 4.87. The zero-order valence-corrected chi connectivity index (χ0v) is 16.9. The average molecular weight is 418 g/mol. The minimum Gasteiger partial charge on any atom is -0.365 e. The molecule has 3 aromatic rings. The van der Waals surface area contributed by atoms with Crippen molar-refractivity contribution in [3.05, 3.63) is 89.3 Å². The summed E-state index contributed by atoms with van der Waals surface area (Å²) in [5.74, 6) is -1.42. The van der Waals surface area contributed by atoms with Gasteiger partial charge in [-0.1, -0.05) is 18.2 Å². The number of aryl methyl sites for hydroxylation is 1. The first kappa shape index (κ1) is 19.6. The van der Waals surface area contributed by atoms with Gasteiger partial charge in [0.1, 0.15) is 11.6 Å². The fourth-order valence-electron chi connectivity index (χ4n) is 4.42. The molecule has 0 unspecified atom stereocenters. The van der Waals surface area contributed by atoms with Gasteiger partial charge in [-0.3, -0.25) is 9.78 Å². The van der Waals surface area contributed by atoms with Crippen LogP contribution in [0.1, 0.15) is 24.1 Å². The molecule has 1 N–H and O–H groups in total. The van der Waals surface area contributed by atoms with E-state index >= 15 is 0 Å². The van der Waals surface area contributed by atoms with Gasteiger partial charge < -0.3 is 10.1 Å². The third-order valence-corrected chi connectivity index (χ3v) is 5.80. The maximum atomic E-state index is 14.7. The number of nitrogens with zero attached hydrogens (tertiary/aromatic N) is 1. The number of benzene rings is 2. The molecule has 1 saturated heterocycles. The van der Waals surface area contributed by atoms with Crippen molar-refractivity contribution in [2.45, 2.75) is 32.0 Å². The molecule has 1 amide bonds. The van der Waals surface area contributed by atoms with E-state index in [-0.39, 0.29) is 29.2 Å². The highest BCUT2D eigenvalue weighted by Gasteiger charge is 2.43. The van der Waals surface area contributed by atoms with Gasteiger partial charge in [0.05, 0.1) is 17.8 Å². The number of ether oxygens (including phenoxy) is 1. The number of aromatic nitrogens is 1. The van der Waals surface area contributed by atoms with E-state index in [4.69, 9.17) is 4.74 Å². The van der Waals surface area contributed by atoms with Gasteiger partial charge in [-0.15, -0.1) is 0 Å². The van der Waals surface area contributed by atoms with Crippen LogP contribution in [-0.4, -0.2) is 23.1 Å². The van der Waals surface area contributed by atoms with Crippen molar-refractivity contribution in [3.8, 4) is 11.1 Å². The van der Waals surface area contributed by atoms with Crippen LogP contribution in [0.25, 0.3) is 16.7 Å². The molecule has 156 valence electrons. The summed E-state index contributed by atoms with van der Waals surface area (Å²) >= 11 is 0. The largest absolute Gasteiger partial charge is 0.365 e. The third-order valence-electron chi connectivity index (χ3n) is 5.80. The molecule has 0 spiro atoms. The molecule has 2 aliphatic rings. The quantitative estimate of drug-likeness (QED) is 0.627. The van der Waals surface area contributed by atoms with Crippen LogP contribution in [-0.2, 0) is 9.53 Å². The summed E-state index contributed by atoms with van der Waals surface area (Å²) in [5.41, 5.74) is 3.87. The Bertz CT molecular complexity index is 1220. The molecule has 0 aliphatic carbocycles. The number of nitrogens with one attached hydrogen (secondary N) is 1. The van der Waals surface area contributed by atoms with E-state index in [0.29, 0.717) is 11.3 Å². The first-order valence-corrected chi connectivity index (χ1v) is 10.2. The molecule has 2 atom stereocenters. The van der Waals surface area contributed by atoms with Gasteiger partial charge in [-0.25, -0.2) is 8.78 Å². The Balaban J connectivity index is 1.46. The van der Waals surface area contributed by atoms with Crippen molar-refractivity contribution in [2.75, 3.05) is 5.32 Å². The molecular formula is C25H20F2N2O2. The summed E-state index contributed by atoms with van der Waals surface area (Å²) in [6.07, 6.45) is 2.98. The van der Waals surface area contributed by atoms with Crippen LogP contribution in [0.2, 0.25) is 0 Å². The molecule has 2 bridgehead atoms. The highest BCUT2D eigenvalue weighted by molar-refractivity contribution is 6.11. The number of hydrogen-bond acceptors (Lipinski definition) is 3. The van der Waals surface area contributed by atoms with Crippen LogP contribution in [0.3, 0.4) is 0 Å². The zero-order chi connectivity index (χ0) is 21.5. The molecule has 3 heterocycles. The molecule has 31 heavy (non-hydrogen) atoms. The Hall–Kier alpha value is -3.38. The molecule has 2 aromatic carbocycles. The van der Waals surface area contributed by atoms with E-state index in [9.17, 15) is 13.6 Å². The predicted molar refractivity (Wildman–Crippen MR) is 114 cm³/mol. The normalized spacial score (nSPS) is 19.7. The standard InChI is InChI=1S/C25H20F2N2O2/c1-14-12-15(10-11-28-14)23-21-8-9-22(31-21)24(23)25(30)29-16-6-7-18(20(27)13-16)17-4-2-3-5-19(17)26/h2-7,10-13,21-22H,8-9H2,1H3,(H,29,30)/t21-,22-/m0/s1. The maximum absolute atomic E-state index is 14.7. The number of carbonyl (C=O) groups is 1. The van der Waals surface area contributed by atoms with Gasteiger partial charge in [0, 0.05) is 28.7 Å². The van der Waals surface area contributed by atoms with Gasteiger partial charge in [0.15, 0.2) is 0 Å². The summed E-state index contributed by atoms with van der Waals surface area (Å²) in [5, 5.41) is 2.79. The van der Waals surface area contributed by atoms with Crippen molar-refractivity contribution >= 4 is 17.2 Å². The topological polar surface area (TPSA) is 51.2 Å². The van der Waals surface area contributed by atoms with Gasteiger partial charge in [0.2, 0.25) is 0 Å². The van der Waals surface area contributed by atoms with E-state index in [1.54, 1.807) is 24.4 Å². The van der Waals surface area contributed by atoms with E-state index in [1.165, 1.54) is 24.3 Å². The molecule has 2 aliphatic heterocycles. The minimum absolute atomic E-state index is 0.118. The molecule has 4 nitrogen and oxygen atoms in total. The molecule has 1 fully saturated rings. The van der Waals surface area contributed by atoms with Gasteiger partial charge in [-0.05, 0) is 67.3 Å². The highest BCUT2D eigenvalue weighted by Crippen LogP contribution is 2.44. The number of rotatable bonds is 4. The lowest BCUT2D eigenvalue weighted by Gasteiger charge is -2.17. The van der Waals surface area contributed by atoms with E-state index < -0.39 is 11.6 Å². The maximum Gasteiger partial charge on any atom is 0.254 e. The number of carbonyl (C=O) groups excluding carboxylic acids is 1. The summed E-state index contributed by atoms with van der Waals surface area (Å²) in [4.78, 5) is 17.4. The minimum atomic E-state index is -0.606. The van der Waals surface area contributed by atoms with Crippen LogP contribution < -0.4 is 5.32 Å². The van der Waals surface area contributed by atoms with Gasteiger partial charge >= 0.3 is 0 Å². The van der Waals surface area contributed by atoms with Crippen molar-refractivity contribution in [1.82, 2.24) is 4.98 Å². The fraction of sp³-hybridized carbons (Fsp3) is 0.200. The molecule has 0 saturated carbocycles. The monoisotopic (exact) mass is 418 g/mol.